The largest absolute Gasteiger partial charge is 0.494 e. The van der Waals surface area contributed by atoms with Crippen molar-refractivity contribution in [2.75, 3.05) is 25.0 Å². The molecule has 0 atom stereocenters. The Morgan fingerprint density at radius 1 is 1.19 bits per heavy atom. The first-order chi connectivity index (χ1) is 12.7. The molecule has 0 saturated carbocycles. The lowest BCUT2D eigenvalue weighted by atomic mass is 10.2. The molecule has 0 fully saturated rings. The average Bonchev–Trinajstić information content (AvgIpc) is 2.58. The van der Waals surface area contributed by atoms with E-state index >= 15 is 0 Å². The number of nitrogens with one attached hydrogen (secondary N) is 3. The second-order valence-corrected chi connectivity index (χ2v) is 6.46. The fourth-order valence-electron chi connectivity index (χ4n) is 1.87. The van der Waals surface area contributed by atoms with Crippen LogP contribution in [0.1, 0.15) is 27.7 Å². The smallest absolute Gasteiger partial charge is 0.407 e. The highest BCUT2D eigenvalue weighted by Gasteiger charge is 2.15. The summed E-state index contributed by atoms with van der Waals surface area (Å²) < 4.78 is 10.4. The molecular weight excluding hydrogens is 348 g/mol. The van der Waals surface area contributed by atoms with Crippen LogP contribution in [-0.2, 0) is 9.53 Å². The first-order valence-electron chi connectivity index (χ1n) is 8.60. The number of carbonyl (C=O) groups excluding carboxylic acids is 2. The third-order valence-electron chi connectivity index (χ3n) is 2.97. The third kappa shape index (κ3) is 9.16. The number of rotatable bonds is 8. The Kier molecular flexibility index (Phi) is 8.66. The number of benzene rings is 1. The lowest BCUT2D eigenvalue weighted by Gasteiger charge is -2.19. The maximum absolute atomic E-state index is 12.1. The second kappa shape index (κ2) is 10.7. The molecular formula is C19H26N4O4. The fraction of sp³-hybridized carbons (Fsp3) is 0.421. The molecule has 0 heterocycles. The van der Waals surface area contributed by atoms with Crippen molar-refractivity contribution >= 4 is 17.7 Å². The van der Waals surface area contributed by atoms with Crippen LogP contribution in [0.15, 0.2) is 36.0 Å². The summed E-state index contributed by atoms with van der Waals surface area (Å²) >= 11 is 0. The number of nitrogens with zero attached hydrogens (tertiary/aromatic N) is 1. The van der Waals surface area contributed by atoms with Gasteiger partial charge >= 0.3 is 6.09 Å². The summed E-state index contributed by atoms with van der Waals surface area (Å²) in [5.74, 6) is 0.167. The Morgan fingerprint density at radius 3 is 2.41 bits per heavy atom. The van der Waals surface area contributed by atoms with Crippen LogP contribution in [0, 0.1) is 11.3 Å². The van der Waals surface area contributed by atoms with Crippen LogP contribution < -0.4 is 20.7 Å². The van der Waals surface area contributed by atoms with Gasteiger partial charge in [0.25, 0.3) is 5.91 Å². The van der Waals surface area contributed by atoms with Gasteiger partial charge in [0.15, 0.2) is 0 Å². The van der Waals surface area contributed by atoms with Crippen molar-refractivity contribution in [2.45, 2.75) is 33.3 Å². The highest BCUT2D eigenvalue weighted by Crippen LogP contribution is 2.16. The summed E-state index contributed by atoms with van der Waals surface area (Å²) in [7, 11) is 0. The maximum atomic E-state index is 12.1. The van der Waals surface area contributed by atoms with Crippen molar-refractivity contribution in [3.63, 3.8) is 0 Å². The van der Waals surface area contributed by atoms with Crippen LogP contribution in [0.4, 0.5) is 10.5 Å². The van der Waals surface area contributed by atoms with E-state index in [4.69, 9.17) is 14.7 Å². The van der Waals surface area contributed by atoms with Gasteiger partial charge in [-0.2, -0.15) is 5.26 Å². The van der Waals surface area contributed by atoms with Crippen LogP contribution in [0.5, 0.6) is 5.75 Å². The van der Waals surface area contributed by atoms with Crippen molar-refractivity contribution in [1.82, 2.24) is 10.6 Å². The molecule has 0 spiro atoms. The molecule has 27 heavy (non-hydrogen) atoms. The molecule has 0 aliphatic carbocycles. The zero-order valence-corrected chi connectivity index (χ0v) is 16.1. The summed E-state index contributed by atoms with van der Waals surface area (Å²) in [5.41, 5.74) is -0.0954. The molecule has 146 valence electrons. The van der Waals surface area contributed by atoms with Gasteiger partial charge in [0.05, 0.1) is 6.61 Å². The number of ether oxygens (including phenoxy) is 2. The molecule has 0 aliphatic heterocycles. The van der Waals surface area contributed by atoms with Gasteiger partial charge in [-0.15, -0.1) is 0 Å². The highest BCUT2D eigenvalue weighted by molar-refractivity contribution is 6.06. The molecule has 8 heteroatoms. The summed E-state index contributed by atoms with van der Waals surface area (Å²) in [6.45, 7) is 8.38. The average molecular weight is 374 g/mol. The van der Waals surface area contributed by atoms with Crippen LogP contribution in [0.2, 0.25) is 0 Å². The minimum atomic E-state index is -0.565. The van der Waals surface area contributed by atoms with E-state index < -0.39 is 17.6 Å². The standard InChI is InChI=1S/C19H26N4O4/c1-5-26-16-8-6-15(7-9-16)23-17(24)14(12-20)13-21-10-11-22-18(25)27-19(2,3)4/h6-9,13,21H,5,10-11H2,1-4H3,(H,22,25)(H,23,24)/b14-13-. The van der Waals surface area contributed by atoms with Crippen LogP contribution >= 0.6 is 0 Å². The van der Waals surface area contributed by atoms with Gasteiger partial charge in [0.1, 0.15) is 23.0 Å². The Labute approximate surface area is 159 Å². The van der Waals surface area contributed by atoms with Gasteiger partial charge in [-0.05, 0) is 52.0 Å². The van der Waals surface area contributed by atoms with Crippen LogP contribution in [0.3, 0.4) is 0 Å². The monoisotopic (exact) mass is 374 g/mol. The Bertz CT molecular complexity index is 700. The van der Waals surface area contributed by atoms with Crippen molar-refractivity contribution in [2.24, 2.45) is 0 Å². The van der Waals surface area contributed by atoms with E-state index in [2.05, 4.69) is 16.0 Å². The summed E-state index contributed by atoms with van der Waals surface area (Å²) in [6.07, 6.45) is 0.780. The number of hydrogen-bond donors (Lipinski definition) is 3. The first-order valence-corrected chi connectivity index (χ1v) is 8.60. The maximum Gasteiger partial charge on any atom is 0.407 e. The van der Waals surface area contributed by atoms with Crippen LogP contribution in [0.25, 0.3) is 0 Å². The Hall–Kier alpha value is -3.21. The zero-order chi connectivity index (χ0) is 20.3. The molecule has 0 aliphatic rings. The van der Waals surface area contributed by atoms with E-state index in [1.807, 2.05) is 13.0 Å². The van der Waals surface area contributed by atoms with Crippen LogP contribution in [-0.4, -0.2) is 37.3 Å². The van der Waals surface area contributed by atoms with Gasteiger partial charge in [-0.3, -0.25) is 4.79 Å². The van der Waals surface area contributed by atoms with Crippen molar-refractivity contribution in [3.05, 3.63) is 36.0 Å². The summed E-state index contributed by atoms with van der Waals surface area (Å²) in [4.78, 5) is 23.6. The molecule has 8 nitrogen and oxygen atoms in total. The van der Waals surface area contributed by atoms with Gasteiger partial charge in [0, 0.05) is 25.0 Å². The predicted octanol–water partition coefficient (Wildman–Crippen LogP) is 2.55. The summed E-state index contributed by atoms with van der Waals surface area (Å²) in [5, 5.41) is 17.1. The minimum Gasteiger partial charge on any atom is -0.494 e. The van der Waals surface area contributed by atoms with E-state index in [-0.39, 0.29) is 12.1 Å². The number of alkyl carbamates (subject to hydrolysis) is 1. The SMILES string of the molecule is CCOc1ccc(NC(=O)/C(C#N)=C\NCCNC(=O)OC(C)(C)C)cc1. The second-order valence-electron chi connectivity index (χ2n) is 6.46. The Balaban J connectivity index is 2.44. The molecule has 2 amide bonds. The molecule has 0 unspecified atom stereocenters. The third-order valence-corrected chi connectivity index (χ3v) is 2.97. The van der Waals surface area contributed by atoms with E-state index in [0.29, 0.717) is 24.6 Å². The highest BCUT2D eigenvalue weighted by atomic mass is 16.6. The first kappa shape index (κ1) is 21.8. The van der Waals surface area contributed by atoms with Gasteiger partial charge in [-0.1, -0.05) is 0 Å². The molecule has 0 radical (unpaired) electrons. The molecule has 0 saturated heterocycles. The Morgan fingerprint density at radius 2 is 1.85 bits per heavy atom. The fourth-order valence-corrected chi connectivity index (χ4v) is 1.87. The zero-order valence-electron chi connectivity index (χ0n) is 16.1. The number of carbonyl (C=O) groups is 2. The lowest BCUT2D eigenvalue weighted by Crippen LogP contribution is -2.35. The van der Waals surface area contributed by atoms with Gasteiger partial charge < -0.3 is 25.4 Å². The molecule has 1 aromatic carbocycles. The van der Waals surface area contributed by atoms with Gasteiger partial charge in [-0.25, -0.2) is 4.79 Å². The van der Waals surface area contributed by atoms with E-state index in [0.717, 1.165) is 0 Å². The van der Waals surface area contributed by atoms with E-state index in [1.54, 1.807) is 45.0 Å². The van der Waals surface area contributed by atoms with E-state index in [9.17, 15) is 9.59 Å². The normalized spacial score (nSPS) is 11.1. The van der Waals surface area contributed by atoms with Gasteiger partial charge in [0.2, 0.25) is 0 Å². The minimum absolute atomic E-state index is 0.0823. The molecule has 0 aromatic heterocycles. The molecule has 1 rings (SSSR count). The number of anilines is 1. The molecule has 0 bridgehead atoms. The molecule has 3 N–H and O–H groups in total. The topological polar surface area (TPSA) is 112 Å². The van der Waals surface area contributed by atoms with Crippen molar-refractivity contribution in [1.29, 1.82) is 5.26 Å². The van der Waals surface area contributed by atoms with E-state index in [1.165, 1.54) is 6.20 Å². The number of nitriles is 1. The number of hydrogen-bond acceptors (Lipinski definition) is 6. The predicted molar refractivity (Wildman–Crippen MR) is 102 cm³/mol. The van der Waals surface area contributed by atoms with Crippen molar-refractivity contribution in [3.8, 4) is 11.8 Å². The quantitative estimate of drug-likeness (QED) is 0.366. The summed E-state index contributed by atoms with van der Waals surface area (Å²) in [6, 6.07) is 8.68. The number of amides is 2. The van der Waals surface area contributed by atoms with Crippen molar-refractivity contribution < 1.29 is 19.1 Å². The molecule has 1 aromatic rings. The lowest BCUT2D eigenvalue weighted by molar-refractivity contribution is -0.112.